The summed E-state index contributed by atoms with van der Waals surface area (Å²) in [5, 5.41) is 17.3. The van der Waals surface area contributed by atoms with Crippen LogP contribution < -0.4 is 5.73 Å². The van der Waals surface area contributed by atoms with Crippen molar-refractivity contribution >= 4 is 11.5 Å². The first-order chi connectivity index (χ1) is 5.61. The van der Waals surface area contributed by atoms with Gasteiger partial charge in [-0.3, -0.25) is 15.5 Å². The molecule has 0 radical (unpaired) electrons. The van der Waals surface area contributed by atoms with Gasteiger partial charge in [-0.15, -0.1) is 0 Å². The number of hydrogen-bond acceptors (Lipinski definition) is 3. The summed E-state index contributed by atoms with van der Waals surface area (Å²) >= 11 is 0. The van der Waals surface area contributed by atoms with Gasteiger partial charge in [0.2, 0.25) is 0 Å². The second kappa shape index (κ2) is 3.00. The van der Waals surface area contributed by atoms with E-state index in [9.17, 15) is 10.1 Å². The highest BCUT2D eigenvalue weighted by molar-refractivity contribution is 5.95. The van der Waals surface area contributed by atoms with Gasteiger partial charge in [0.1, 0.15) is 5.84 Å². The highest BCUT2D eigenvalue weighted by Gasteiger charge is 2.05. The van der Waals surface area contributed by atoms with E-state index < -0.39 is 4.92 Å². The van der Waals surface area contributed by atoms with Crippen LogP contribution in [0.2, 0.25) is 0 Å². The first-order valence-electron chi connectivity index (χ1n) is 3.20. The van der Waals surface area contributed by atoms with E-state index in [4.69, 9.17) is 11.1 Å². The van der Waals surface area contributed by atoms with Crippen LogP contribution in [0.25, 0.3) is 0 Å². The topological polar surface area (TPSA) is 93.0 Å². The predicted molar refractivity (Wildman–Crippen MR) is 44.1 cm³/mol. The van der Waals surface area contributed by atoms with Crippen LogP contribution in [0, 0.1) is 15.5 Å². The Morgan fingerprint density at radius 1 is 1.58 bits per heavy atom. The van der Waals surface area contributed by atoms with Crippen LogP contribution >= 0.6 is 0 Å². The summed E-state index contributed by atoms with van der Waals surface area (Å²) < 4.78 is 0. The number of nitrogen functional groups attached to an aromatic ring is 1. The van der Waals surface area contributed by atoms with Gasteiger partial charge in [0, 0.05) is 17.7 Å². The maximum atomic E-state index is 10.3. The van der Waals surface area contributed by atoms with Gasteiger partial charge in [-0.25, -0.2) is 0 Å². The Bertz CT molecular complexity index is 306. The minimum Gasteiger partial charge on any atom is -0.384 e. The molecular formula is C7H7N3O2. The number of nitrogens with zero attached hydrogens (tertiary/aromatic N) is 1. The van der Waals surface area contributed by atoms with E-state index in [0.717, 1.165) is 0 Å². The average Bonchev–Trinajstić information content (AvgIpc) is 2.04. The largest absolute Gasteiger partial charge is 0.384 e. The quantitative estimate of drug-likeness (QED) is 0.295. The van der Waals surface area contributed by atoms with E-state index in [1.54, 1.807) is 6.07 Å². The lowest BCUT2D eigenvalue weighted by atomic mass is 10.2. The molecule has 62 valence electrons. The highest BCUT2D eigenvalue weighted by atomic mass is 16.6. The number of hydrogen-bond donors (Lipinski definition) is 2. The molecule has 0 saturated heterocycles. The molecule has 0 heterocycles. The number of benzene rings is 1. The SMILES string of the molecule is N=C(N)c1cccc([N+](=O)[O-])c1. The summed E-state index contributed by atoms with van der Waals surface area (Å²) in [5.74, 6) is -0.168. The zero-order chi connectivity index (χ0) is 9.14. The van der Waals surface area contributed by atoms with Crippen molar-refractivity contribution in [3.63, 3.8) is 0 Å². The number of nitrogens with one attached hydrogen (secondary N) is 1. The molecule has 1 aromatic rings. The van der Waals surface area contributed by atoms with E-state index in [1.807, 2.05) is 0 Å². The van der Waals surface area contributed by atoms with E-state index >= 15 is 0 Å². The zero-order valence-electron chi connectivity index (χ0n) is 6.15. The number of rotatable bonds is 2. The van der Waals surface area contributed by atoms with Crippen molar-refractivity contribution in [1.82, 2.24) is 0 Å². The fraction of sp³-hybridized carbons (Fsp3) is 0. The molecule has 5 heteroatoms. The number of nitrogens with two attached hydrogens (primary N) is 1. The summed E-state index contributed by atoms with van der Waals surface area (Å²) in [7, 11) is 0. The summed E-state index contributed by atoms with van der Waals surface area (Å²) in [6.45, 7) is 0. The van der Waals surface area contributed by atoms with Crippen molar-refractivity contribution in [2.24, 2.45) is 5.73 Å². The van der Waals surface area contributed by atoms with Crippen LogP contribution in [0.1, 0.15) is 5.56 Å². The van der Waals surface area contributed by atoms with Crippen LogP contribution in [0.4, 0.5) is 5.69 Å². The molecule has 1 rings (SSSR count). The summed E-state index contributed by atoms with van der Waals surface area (Å²) in [5.41, 5.74) is 5.46. The Morgan fingerprint density at radius 3 is 2.75 bits per heavy atom. The summed E-state index contributed by atoms with van der Waals surface area (Å²) in [4.78, 5) is 9.75. The van der Waals surface area contributed by atoms with E-state index in [-0.39, 0.29) is 11.5 Å². The second-order valence-electron chi connectivity index (χ2n) is 2.22. The Balaban J connectivity index is 3.12. The first-order valence-corrected chi connectivity index (χ1v) is 3.20. The van der Waals surface area contributed by atoms with Crippen molar-refractivity contribution in [2.45, 2.75) is 0 Å². The Labute approximate surface area is 68.5 Å². The molecule has 0 aliphatic rings. The third kappa shape index (κ3) is 1.57. The Kier molecular flexibility index (Phi) is 2.05. The van der Waals surface area contributed by atoms with Gasteiger partial charge in [-0.1, -0.05) is 12.1 Å². The fourth-order valence-electron chi connectivity index (χ4n) is 0.787. The normalized spacial score (nSPS) is 9.33. The molecule has 0 fully saturated rings. The van der Waals surface area contributed by atoms with Gasteiger partial charge >= 0.3 is 0 Å². The van der Waals surface area contributed by atoms with Crippen LogP contribution in [-0.2, 0) is 0 Å². The predicted octanol–water partition coefficient (Wildman–Crippen LogP) is 0.879. The van der Waals surface area contributed by atoms with Crippen molar-refractivity contribution < 1.29 is 4.92 Å². The average molecular weight is 165 g/mol. The smallest absolute Gasteiger partial charge is 0.270 e. The van der Waals surface area contributed by atoms with Crippen molar-refractivity contribution in [3.8, 4) is 0 Å². The molecule has 0 aliphatic carbocycles. The molecule has 5 nitrogen and oxygen atoms in total. The Morgan fingerprint density at radius 2 is 2.25 bits per heavy atom. The van der Waals surface area contributed by atoms with Gasteiger partial charge in [0.15, 0.2) is 0 Å². The lowest BCUT2D eigenvalue weighted by molar-refractivity contribution is -0.384. The van der Waals surface area contributed by atoms with E-state index in [1.165, 1.54) is 18.2 Å². The summed E-state index contributed by atoms with van der Waals surface area (Å²) in [6, 6.07) is 5.67. The molecule has 0 spiro atoms. The van der Waals surface area contributed by atoms with Crippen LogP contribution in [0.5, 0.6) is 0 Å². The number of non-ortho nitro benzene ring substituents is 1. The maximum Gasteiger partial charge on any atom is 0.270 e. The minimum absolute atomic E-state index is 0.0531. The van der Waals surface area contributed by atoms with Crippen molar-refractivity contribution in [2.75, 3.05) is 0 Å². The van der Waals surface area contributed by atoms with Crippen LogP contribution in [0.15, 0.2) is 24.3 Å². The van der Waals surface area contributed by atoms with Gasteiger partial charge in [0.05, 0.1) is 4.92 Å². The number of nitro groups is 1. The number of amidine groups is 1. The van der Waals surface area contributed by atoms with Crippen LogP contribution in [0.3, 0.4) is 0 Å². The van der Waals surface area contributed by atoms with Gasteiger partial charge < -0.3 is 5.73 Å². The lowest BCUT2D eigenvalue weighted by Gasteiger charge is -1.96. The van der Waals surface area contributed by atoms with Crippen LogP contribution in [-0.4, -0.2) is 10.8 Å². The standard InChI is InChI=1S/C7H7N3O2/c8-7(9)5-2-1-3-6(4-5)10(11)12/h1-4H,(H3,8,9). The summed E-state index contributed by atoms with van der Waals surface area (Å²) in [6.07, 6.45) is 0. The molecule has 0 aliphatic heterocycles. The zero-order valence-corrected chi connectivity index (χ0v) is 6.15. The fourth-order valence-corrected chi connectivity index (χ4v) is 0.787. The van der Waals surface area contributed by atoms with Gasteiger partial charge in [0.25, 0.3) is 5.69 Å². The first kappa shape index (κ1) is 8.19. The molecule has 0 saturated carbocycles. The lowest BCUT2D eigenvalue weighted by Crippen LogP contribution is -2.10. The molecule has 3 N–H and O–H groups in total. The van der Waals surface area contributed by atoms with Gasteiger partial charge in [-0.05, 0) is 0 Å². The molecule has 12 heavy (non-hydrogen) atoms. The molecular weight excluding hydrogens is 158 g/mol. The van der Waals surface area contributed by atoms with Gasteiger partial charge in [-0.2, -0.15) is 0 Å². The Hall–Kier alpha value is -1.91. The monoisotopic (exact) mass is 165 g/mol. The molecule has 0 atom stereocenters. The van der Waals surface area contributed by atoms with Crippen molar-refractivity contribution in [3.05, 3.63) is 39.9 Å². The molecule has 1 aromatic carbocycles. The number of nitro benzene ring substituents is 1. The van der Waals surface area contributed by atoms with Crippen molar-refractivity contribution in [1.29, 1.82) is 5.41 Å². The highest BCUT2D eigenvalue weighted by Crippen LogP contribution is 2.11. The third-order valence-electron chi connectivity index (χ3n) is 1.37. The third-order valence-corrected chi connectivity index (χ3v) is 1.37. The molecule has 0 bridgehead atoms. The second-order valence-corrected chi connectivity index (χ2v) is 2.22. The molecule has 0 aromatic heterocycles. The molecule has 0 unspecified atom stereocenters. The van der Waals surface area contributed by atoms with E-state index in [2.05, 4.69) is 0 Å². The molecule has 0 amide bonds. The van der Waals surface area contributed by atoms with E-state index in [0.29, 0.717) is 5.56 Å². The minimum atomic E-state index is -0.521. The maximum absolute atomic E-state index is 10.3.